The van der Waals surface area contributed by atoms with Crippen molar-refractivity contribution in [3.63, 3.8) is 0 Å². The molecule has 1 aromatic carbocycles. The summed E-state index contributed by atoms with van der Waals surface area (Å²) in [6.07, 6.45) is 4.75. The number of halogens is 1. The number of amides is 4. The smallest absolute Gasteiger partial charge is 0.242 e. The third-order valence-electron chi connectivity index (χ3n) is 5.86. The summed E-state index contributed by atoms with van der Waals surface area (Å²) in [6, 6.07) is 5.21. The Balaban J connectivity index is 1.71. The summed E-state index contributed by atoms with van der Waals surface area (Å²) >= 11 is 0. The van der Waals surface area contributed by atoms with E-state index in [1.807, 2.05) is 12.2 Å². The largest absolute Gasteiger partial charge is 0.357 e. The number of hydrogen-bond acceptors (Lipinski definition) is 4. The molecule has 3 rings (SSSR count). The molecule has 0 radical (unpaired) electrons. The van der Waals surface area contributed by atoms with E-state index < -0.39 is 17.8 Å². The Labute approximate surface area is 174 Å². The highest BCUT2D eigenvalue weighted by molar-refractivity contribution is 6.05. The molecule has 1 heterocycles. The molecule has 1 fully saturated rings. The summed E-state index contributed by atoms with van der Waals surface area (Å²) in [5.74, 6) is -2.48. The van der Waals surface area contributed by atoms with Gasteiger partial charge in [-0.1, -0.05) is 30.4 Å². The van der Waals surface area contributed by atoms with Crippen molar-refractivity contribution in [2.24, 2.45) is 11.8 Å². The van der Waals surface area contributed by atoms with Gasteiger partial charge >= 0.3 is 0 Å². The Morgan fingerprint density at radius 3 is 2.33 bits per heavy atom. The Morgan fingerprint density at radius 1 is 1.17 bits per heavy atom. The van der Waals surface area contributed by atoms with E-state index >= 15 is 0 Å². The molecule has 30 heavy (non-hydrogen) atoms. The van der Waals surface area contributed by atoms with Crippen molar-refractivity contribution in [3.05, 3.63) is 47.8 Å². The second-order valence-electron chi connectivity index (χ2n) is 7.64. The van der Waals surface area contributed by atoms with Crippen molar-refractivity contribution >= 4 is 23.6 Å². The number of rotatable bonds is 7. The van der Waals surface area contributed by atoms with E-state index in [9.17, 15) is 23.6 Å². The lowest BCUT2D eigenvalue weighted by atomic mass is 9.85. The minimum absolute atomic E-state index is 0.0439. The summed E-state index contributed by atoms with van der Waals surface area (Å²) in [7, 11) is 1.46. The number of imide groups is 1. The van der Waals surface area contributed by atoms with Gasteiger partial charge in [-0.15, -0.1) is 0 Å². The third kappa shape index (κ3) is 4.27. The van der Waals surface area contributed by atoms with E-state index in [-0.39, 0.29) is 54.6 Å². The summed E-state index contributed by atoms with van der Waals surface area (Å²) in [6.45, 7) is 1.43. The van der Waals surface area contributed by atoms with E-state index in [0.717, 1.165) is 4.90 Å². The maximum absolute atomic E-state index is 14.1. The molecule has 160 valence electrons. The maximum Gasteiger partial charge on any atom is 0.242 e. The van der Waals surface area contributed by atoms with E-state index in [2.05, 4.69) is 5.32 Å². The quantitative estimate of drug-likeness (QED) is 0.542. The lowest BCUT2D eigenvalue weighted by molar-refractivity contribution is -0.143. The number of allylic oxidation sites excluding steroid dienone is 2. The highest BCUT2D eigenvalue weighted by Crippen LogP contribution is 2.35. The van der Waals surface area contributed by atoms with Crippen molar-refractivity contribution in [2.75, 3.05) is 13.6 Å². The number of carbonyl (C=O) groups is 4. The Bertz CT molecular complexity index is 859. The molecular weight excluding hydrogens is 389 g/mol. The molecule has 8 heteroatoms. The second-order valence-corrected chi connectivity index (χ2v) is 7.64. The molecule has 1 N–H and O–H groups in total. The zero-order chi connectivity index (χ0) is 21.8. The molecule has 2 aliphatic rings. The zero-order valence-corrected chi connectivity index (χ0v) is 17.1. The average molecular weight is 415 g/mol. The average Bonchev–Trinajstić information content (AvgIpc) is 3.00. The highest BCUT2D eigenvalue weighted by Gasteiger charge is 2.47. The Morgan fingerprint density at radius 2 is 1.77 bits per heavy atom. The van der Waals surface area contributed by atoms with Crippen molar-refractivity contribution in [2.45, 2.75) is 38.8 Å². The van der Waals surface area contributed by atoms with Gasteiger partial charge in [0.15, 0.2) is 0 Å². The van der Waals surface area contributed by atoms with Gasteiger partial charge in [-0.25, -0.2) is 4.39 Å². The predicted molar refractivity (Wildman–Crippen MR) is 107 cm³/mol. The molecule has 1 aliphatic heterocycles. The summed E-state index contributed by atoms with van der Waals surface area (Å²) in [5, 5.41) is 2.49. The number of fused-ring (bicyclic) bond motifs is 1. The molecular formula is C22H26FN3O4. The number of carbonyl (C=O) groups excluding carboxylic acids is 4. The number of hydrogen-bond donors (Lipinski definition) is 1. The molecule has 0 aromatic heterocycles. The molecule has 0 unspecified atom stereocenters. The first-order chi connectivity index (χ1) is 14.3. The fourth-order valence-corrected chi connectivity index (χ4v) is 4.04. The highest BCUT2D eigenvalue weighted by atomic mass is 19.1. The minimum Gasteiger partial charge on any atom is -0.357 e. The molecule has 0 spiro atoms. The molecule has 1 aliphatic carbocycles. The van der Waals surface area contributed by atoms with Crippen LogP contribution < -0.4 is 5.32 Å². The molecule has 1 saturated heterocycles. The van der Waals surface area contributed by atoms with Gasteiger partial charge < -0.3 is 10.2 Å². The van der Waals surface area contributed by atoms with Crippen LogP contribution in [0.15, 0.2) is 36.4 Å². The third-order valence-corrected chi connectivity index (χ3v) is 5.86. The van der Waals surface area contributed by atoms with Crippen molar-refractivity contribution in [1.29, 1.82) is 0 Å². The first kappa shape index (κ1) is 21.7. The molecule has 0 bridgehead atoms. The van der Waals surface area contributed by atoms with Gasteiger partial charge in [0.1, 0.15) is 11.9 Å². The van der Waals surface area contributed by atoms with Crippen molar-refractivity contribution in [3.8, 4) is 0 Å². The number of benzene rings is 1. The van der Waals surface area contributed by atoms with Crippen LogP contribution >= 0.6 is 0 Å². The van der Waals surface area contributed by atoms with E-state index in [1.54, 1.807) is 25.1 Å². The van der Waals surface area contributed by atoms with Gasteiger partial charge in [0.05, 0.1) is 11.8 Å². The van der Waals surface area contributed by atoms with Gasteiger partial charge in [-0.2, -0.15) is 0 Å². The van der Waals surface area contributed by atoms with Crippen molar-refractivity contribution < 1.29 is 23.6 Å². The maximum atomic E-state index is 14.1. The lowest BCUT2D eigenvalue weighted by Gasteiger charge is -2.29. The van der Waals surface area contributed by atoms with Gasteiger partial charge in [-0.3, -0.25) is 24.1 Å². The van der Waals surface area contributed by atoms with Crippen molar-refractivity contribution in [1.82, 2.24) is 15.1 Å². The monoisotopic (exact) mass is 415 g/mol. The molecule has 3 atom stereocenters. The molecule has 1 aromatic rings. The number of likely N-dealkylation sites (tertiary alicyclic amines) is 1. The van der Waals surface area contributed by atoms with Crippen LogP contribution in [0.4, 0.5) is 4.39 Å². The van der Waals surface area contributed by atoms with E-state index in [4.69, 9.17) is 0 Å². The van der Waals surface area contributed by atoms with E-state index in [1.165, 1.54) is 18.0 Å². The van der Waals surface area contributed by atoms with Crippen LogP contribution in [0.25, 0.3) is 0 Å². The van der Waals surface area contributed by atoms with Gasteiger partial charge in [0.2, 0.25) is 23.6 Å². The fraction of sp³-hybridized carbons (Fsp3) is 0.455. The SMILES string of the molecule is CNC(=O)[C@@H](C)N(Cc1ccccc1F)C(=O)CCN1C(=O)[C@H]2CC=CC[C@H]2C1=O. The van der Waals surface area contributed by atoms with Crippen LogP contribution in [0.5, 0.6) is 0 Å². The normalized spacial score (nSPS) is 21.4. The summed E-state index contributed by atoms with van der Waals surface area (Å²) in [5.41, 5.74) is 0.284. The lowest BCUT2D eigenvalue weighted by Crippen LogP contribution is -2.47. The first-order valence-corrected chi connectivity index (χ1v) is 10.1. The molecule has 0 saturated carbocycles. The van der Waals surface area contributed by atoms with Gasteiger partial charge in [0.25, 0.3) is 0 Å². The van der Waals surface area contributed by atoms with Crippen LogP contribution in [-0.4, -0.2) is 53.1 Å². The molecule has 7 nitrogen and oxygen atoms in total. The second kappa shape index (κ2) is 9.19. The van der Waals surface area contributed by atoms with Crippen LogP contribution in [-0.2, 0) is 25.7 Å². The fourth-order valence-electron chi connectivity index (χ4n) is 4.04. The van der Waals surface area contributed by atoms with E-state index in [0.29, 0.717) is 12.8 Å². The standard InChI is InChI=1S/C22H26FN3O4/c1-14(20(28)24-2)26(13-15-7-3-6-10-18(15)23)19(27)11-12-25-21(29)16-8-4-5-9-17(16)22(25)30/h3-7,10,14,16-17H,8-9,11-13H2,1-2H3,(H,24,28)/t14-,16-,17+/m1/s1. The zero-order valence-electron chi connectivity index (χ0n) is 17.1. The topological polar surface area (TPSA) is 86.8 Å². The predicted octanol–water partition coefficient (Wildman–Crippen LogP) is 1.63. The Kier molecular flexibility index (Phi) is 6.64. The Hall–Kier alpha value is -3.03. The molecule has 4 amide bonds. The van der Waals surface area contributed by atoms with Gasteiger partial charge in [0, 0.05) is 32.1 Å². The number of nitrogens with zero attached hydrogens (tertiary/aromatic N) is 2. The van der Waals surface area contributed by atoms with Crippen LogP contribution in [0.1, 0.15) is 31.7 Å². The van der Waals surface area contributed by atoms with Gasteiger partial charge in [-0.05, 0) is 25.8 Å². The summed E-state index contributed by atoms with van der Waals surface area (Å²) in [4.78, 5) is 52.7. The van der Waals surface area contributed by atoms with Crippen LogP contribution in [0.3, 0.4) is 0 Å². The number of nitrogens with one attached hydrogen (secondary N) is 1. The first-order valence-electron chi connectivity index (χ1n) is 10.1. The summed E-state index contributed by atoms with van der Waals surface area (Å²) < 4.78 is 14.1. The number of likely N-dealkylation sites (N-methyl/N-ethyl adjacent to an activating group) is 1. The van der Waals surface area contributed by atoms with Crippen LogP contribution in [0, 0.1) is 17.7 Å². The minimum atomic E-state index is -0.834. The van der Waals surface area contributed by atoms with Crippen LogP contribution in [0.2, 0.25) is 0 Å².